The van der Waals surface area contributed by atoms with Crippen molar-refractivity contribution in [3.05, 3.63) is 60.0 Å². The van der Waals surface area contributed by atoms with Crippen LogP contribution in [0.2, 0.25) is 0 Å². The number of alkyl halides is 3. The van der Waals surface area contributed by atoms with Crippen molar-refractivity contribution in [2.75, 3.05) is 0 Å². The highest BCUT2D eigenvalue weighted by Gasteiger charge is 2.38. The number of nitrogens with zero attached hydrogens (tertiary/aromatic N) is 1. The molecular formula is C16H11F4N3O2S. The van der Waals surface area contributed by atoms with Gasteiger partial charge in [0.05, 0.1) is 4.90 Å². The van der Waals surface area contributed by atoms with Crippen molar-refractivity contribution in [1.82, 2.24) is 10.2 Å². The van der Waals surface area contributed by atoms with E-state index in [1.807, 2.05) is 5.10 Å². The predicted octanol–water partition coefficient (Wildman–Crippen LogP) is 3.55. The third-order valence-corrected chi connectivity index (χ3v) is 4.58. The summed E-state index contributed by atoms with van der Waals surface area (Å²) in [7, 11) is -3.96. The van der Waals surface area contributed by atoms with Gasteiger partial charge in [-0.15, -0.1) is 0 Å². The molecule has 0 amide bonds. The van der Waals surface area contributed by atoms with Gasteiger partial charge in [-0.3, -0.25) is 5.10 Å². The summed E-state index contributed by atoms with van der Waals surface area (Å²) in [5, 5.41) is 10.6. The highest BCUT2D eigenvalue weighted by Crippen LogP contribution is 2.41. The number of primary sulfonamides is 1. The highest BCUT2D eigenvalue weighted by molar-refractivity contribution is 7.89. The first-order chi connectivity index (χ1) is 12.1. The van der Waals surface area contributed by atoms with E-state index in [1.54, 1.807) is 0 Å². The Morgan fingerprint density at radius 1 is 1.00 bits per heavy atom. The zero-order valence-electron chi connectivity index (χ0n) is 12.9. The van der Waals surface area contributed by atoms with Gasteiger partial charge in [0.25, 0.3) is 0 Å². The molecule has 0 aliphatic carbocycles. The molecule has 3 aromatic rings. The quantitative estimate of drug-likeness (QED) is 0.676. The normalized spacial score (nSPS) is 12.3. The van der Waals surface area contributed by atoms with Gasteiger partial charge in [0, 0.05) is 16.7 Å². The van der Waals surface area contributed by atoms with Gasteiger partial charge < -0.3 is 0 Å². The third-order valence-electron chi connectivity index (χ3n) is 3.65. The second-order valence-corrected chi connectivity index (χ2v) is 6.93. The van der Waals surface area contributed by atoms with Crippen LogP contribution in [0.5, 0.6) is 0 Å². The Balaban J connectivity index is 2.23. The number of hydrogen-bond acceptors (Lipinski definition) is 3. The summed E-state index contributed by atoms with van der Waals surface area (Å²) in [6.07, 6.45) is -4.79. The van der Waals surface area contributed by atoms with Gasteiger partial charge in [-0.25, -0.2) is 17.9 Å². The van der Waals surface area contributed by atoms with Crippen molar-refractivity contribution >= 4 is 10.0 Å². The number of hydrogen-bond donors (Lipinski definition) is 2. The average Bonchev–Trinajstić information content (AvgIpc) is 2.99. The molecule has 1 heterocycles. The van der Waals surface area contributed by atoms with Gasteiger partial charge >= 0.3 is 6.18 Å². The van der Waals surface area contributed by atoms with E-state index in [0.717, 1.165) is 18.2 Å². The van der Waals surface area contributed by atoms with Crippen molar-refractivity contribution in [2.24, 2.45) is 5.14 Å². The second-order valence-electron chi connectivity index (χ2n) is 5.37. The van der Waals surface area contributed by atoms with Crippen LogP contribution >= 0.6 is 0 Å². The third kappa shape index (κ3) is 3.33. The minimum atomic E-state index is -4.79. The van der Waals surface area contributed by atoms with Crippen LogP contribution in [0.4, 0.5) is 17.6 Å². The molecule has 10 heteroatoms. The second kappa shape index (κ2) is 6.22. The molecule has 3 N–H and O–H groups in total. The Morgan fingerprint density at radius 3 is 2.15 bits per heavy atom. The fourth-order valence-electron chi connectivity index (χ4n) is 2.48. The van der Waals surface area contributed by atoms with E-state index >= 15 is 0 Å². The van der Waals surface area contributed by atoms with Gasteiger partial charge in [0.1, 0.15) is 17.2 Å². The Labute approximate surface area is 145 Å². The van der Waals surface area contributed by atoms with Crippen LogP contribution in [0.1, 0.15) is 5.69 Å². The summed E-state index contributed by atoms with van der Waals surface area (Å²) in [5.41, 5.74) is -1.93. The van der Waals surface area contributed by atoms with Gasteiger partial charge in [0.15, 0.2) is 0 Å². The lowest BCUT2D eigenvalue weighted by Crippen LogP contribution is -2.11. The minimum Gasteiger partial charge on any atom is -0.272 e. The lowest BCUT2D eigenvalue weighted by molar-refractivity contribution is -0.140. The number of benzene rings is 2. The summed E-state index contributed by atoms with van der Waals surface area (Å²) in [4.78, 5) is -0.208. The van der Waals surface area contributed by atoms with Crippen LogP contribution in [0.15, 0.2) is 53.4 Å². The van der Waals surface area contributed by atoms with Gasteiger partial charge in [-0.2, -0.15) is 18.3 Å². The van der Waals surface area contributed by atoms with E-state index in [1.165, 1.54) is 30.3 Å². The van der Waals surface area contributed by atoms with Crippen LogP contribution in [0.25, 0.3) is 22.4 Å². The molecule has 5 nitrogen and oxygen atoms in total. The lowest BCUT2D eigenvalue weighted by atomic mass is 9.98. The van der Waals surface area contributed by atoms with E-state index in [2.05, 4.69) is 5.10 Å². The van der Waals surface area contributed by atoms with E-state index in [9.17, 15) is 26.0 Å². The molecule has 0 spiro atoms. The van der Waals surface area contributed by atoms with Crippen LogP contribution < -0.4 is 5.14 Å². The largest absolute Gasteiger partial charge is 0.433 e. The molecule has 0 aliphatic heterocycles. The number of sulfonamides is 1. The average molecular weight is 385 g/mol. The Bertz CT molecular complexity index is 1060. The van der Waals surface area contributed by atoms with E-state index in [4.69, 9.17) is 5.14 Å². The van der Waals surface area contributed by atoms with E-state index in [-0.39, 0.29) is 21.7 Å². The number of aromatic amines is 1. The Kier molecular flexibility index (Phi) is 4.32. The van der Waals surface area contributed by atoms with Crippen molar-refractivity contribution < 1.29 is 26.0 Å². The molecule has 3 rings (SSSR count). The van der Waals surface area contributed by atoms with Crippen molar-refractivity contribution in [3.63, 3.8) is 0 Å². The zero-order chi connectivity index (χ0) is 19.1. The Hall–Kier alpha value is -2.72. The van der Waals surface area contributed by atoms with Crippen LogP contribution in [0.3, 0.4) is 0 Å². The maximum atomic E-state index is 14.1. The number of rotatable bonds is 3. The summed E-state index contributed by atoms with van der Waals surface area (Å²) in [6.45, 7) is 0. The smallest absolute Gasteiger partial charge is 0.272 e. The first-order valence-electron chi connectivity index (χ1n) is 7.13. The molecule has 136 valence electrons. The fourth-order valence-corrected chi connectivity index (χ4v) is 3.00. The molecule has 2 aromatic carbocycles. The Morgan fingerprint density at radius 2 is 1.62 bits per heavy atom. The molecule has 0 saturated carbocycles. The number of nitrogens with one attached hydrogen (secondary N) is 1. The minimum absolute atomic E-state index is 0.164. The first kappa shape index (κ1) is 18.1. The summed E-state index contributed by atoms with van der Waals surface area (Å²) in [6, 6.07) is 9.77. The van der Waals surface area contributed by atoms with Gasteiger partial charge in [-0.05, 0) is 18.2 Å². The SMILES string of the molecule is NS(=O)(=O)c1ccc(-c2n[nH]c(C(F)(F)F)c2-c2ccccc2F)cc1. The molecule has 1 aromatic heterocycles. The number of nitrogens with two attached hydrogens (primary N) is 1. The molecule has 0 aliphatic rings. The fraction of sp³-hybridized carbons (Fsp3) is 0.0625. The molecule has 0 bridgehead atoms. The summed E-state index contributed by atoms with van der Waals surface area (Å²) < 4.78 is 76.7. The number of aromatic nitrogens is 2. The van der Waals surface area contributed by atoms with Crippen molar-refractivity contribution in [2.45, 2.75) is 11.1 Å². The van der Waals surface area contributed by atoms with E-state index in [0.29, 0.717) is 0 Å². The molecule has 0 saturated heterocycles. The zero-order valence-corrected chi connectivity index (χ0v) is 13.7. The van der Waals surface area contributed by atoms with E-state index < -0.39 is 33.3 Å². The molecule has 0 atom stereocenters. The number of H-pyrrole nitrogens is 1. The number of halogens is 4. The first-order valence-corrected chi connectivity index (χ1v) is 8.67. The van der Waals surface area contributed by atoms with Crippen LogP contribution in [-0.2, 0) is 16.2 Å². The maximum absolute atomic E-state index is 14.1. The summed E-state index contributed by atoms with van der Waals surface area (Å²) in [5.74, 6) is -0.846. The van der Waals surface area contributed by atoms with Crippen LogP contribution in [-0.4, -0.2) is 18.6 Å². The molecule has 0 radical (unpaired) electrons. The highest BCUT2D eigenvalue weighted by atomic mass is 32.2. The van der Waals surface area contributed by atoms with Gasteiger partial charge in [0.2, 0.25) is 10.0 Å². The molecule has 0 fully saturated rings. The standard InChI is InChI=1S/C16H11F4N3O2S/c17-12-4-2-1-3-11(12)13-14(22-23-15(13)16(18,19)20)9-5-7-10(8-6-9)26(21,24)25/h1-8H,(H,22,23)(H2,21,24,25). The van der Waals surface area contributed by atoms with Crippen molar-refractivity contribution in [3.8, 4) is 22.4 Å². The molecule has 0 unspecified atom stereocenters. The summed E-state index contributed by atoms with van der Waals surface area (Å²) >= 11 is 0. The van der Waals surface area contributed by atoms with Crippen LogP contribution in [0, 0.1) is 5.82 Å². The maximum Gasteiger partial charge on any atom is 0.433 e. The topological polar surface area (TPSA) is 88.8 Å². The lowest BCUT2D eigenvalue weighted by Gasteiger charge is -2.10. The predicted molar refractivity (Wildman–Crippen MR) is 85.8 cm³/mol. The monoisotopic (exact) mass is 385 g/mol. The molecule has 26 heavy (non-hydrogen) atoms. The van der Waals surface area contributed by atoms with Crippen molar-refractivity contribution in [1.29, 1.82) is 0 Å². The van der Waals surface area contributed by atoms with Gasteiger partial charge in [-0.1, -0.05) is 30.3 Å². The molecular weight excluding hydrogens is 374 g/mol.